The molecule has 3 aromatic rings. The van der Waals surface area contributed by atoms with E-state index in [1.165, 1.54) is 6.42 Å². The highest BCUT2D eigenvalue weighted by Gasteiger charge is 2.24. The predicted molar refractivity (Wildman–Crippen MR) is 112 cm³/mol. The van der Waals surface area contributed by atoms with E-state index in [0.717, 1.165) is 43.5 Å². The molecule has 2 heterocycles. The molecule has 146 valence electrons. The molecule has 0 saturated carbocycles. The highest BCUT2D eigenvalue weighted by molar-refractivity contribution is 6.32. The standard InChI is InChI=1S/C22H24ClN3O2/c23-18-14-20-19(24-22(28)25-20)13-17(18)16(11-15-7-3-1-4-8-15)12-21(27)26-9-5-2-6-10-26/h1,3-4,7-8,13-14,16H,2,5-6,9-12H2,(H2,24,25,28)/t16-/m0/s1. The lowest BCUT2D eigenvalue weighted by atomic mass is 9.88. The van der Waals surface area contributed by atoms with Crippen LogP contribution in [0, 0.1) is 0 Å². The van der Waals surface area contributed by atoms with Crippen molar-refractivity contribution >= 4 is 28.5 Å². The molecule has 28 heavy (non-hydrogen) atoms. The van der Waals surface area contributed by atoms with Crippen molar-refractivity contribution in [1.82, 2.24) is 14.9 Å². The summed E-state index contributed by atoms with van der Waals surface area (Å²) in [7, 11) is 0. The molecule has 0 aliphatic carbocycles. The van der Waals surface area contributed by atoms with Gasteiger partial charge < -0.3 is 14.9 Å². The second-order valence-electron chi connectivity index (χ2n) is 7.53. The Morgan fingerprint density at radius 3 is 2.43 bits per heavy atom. The zero-order valence-corrected chi connectivity index (χ0v) is 16.5. The molecular weight excluding hydrogens is 374 g/mol. The van der Waals surface area contributed by atoms with E-state index >= 15 is 0 Å². The molecule has 6 heteroatoms. The van der Waals surface area contributed by atoms with Crippen LogP contribution in [0.2, 0.25) is 5.02 Å². The first-order valence-corrected chi connectivity index (χ1v) is 10.2. The maximum absolute atomic E-state index is 13.0. The van der Waals surface area contributed by atoms with Crippen LogP contribution in [0.5, 0.6) is 0 Å². The molecule has 2 aromatic carbocycles. The molecule has 5 nitrogen and oxygen atoms in total. The van der Waals surface area contributed by atoms with E-state index in [0.29, 0.717) is 22.5 Å². The van der Waals surface area contributed by atoms with Gasteiger partial charge in [0.2, 0.25) is 5.91 Å². The molecule has 1 fully saturated rings. The monoisotopic (exact) mass is 397 g/mol. The molecule has 1 aliphatic heterocycles. The number of rotatable bonds is 5. The zero-order valence-electron chi connectivity index (χ0n) is 15.7. The number of benzene rings is 2. The minimum Gasteiger partial charge on any atom is -0.343 e. The fourth-order valence-electron chi connectivity index (χ4n) is 4.06. The highest BCUT2D eigenvalue weighted by Crippen LogP contribution is 2.33. The molecule has 0 spiro atoms. The number of aromatic amines is 2. The molecule has 0 unspecified atom stereocenters. The van der Waals surface area contributed by atoms with E-state index in [1.807, 2.05) is 29.2 Å². The van der Waals surface area contributed by atoms with Gasteiger partial charge >= 0.3 is 5.69 Å². The van der Waals surface area contributed by atoms with Gasteiger partial charge in [-0.15, -0.1) is 0 Å². The average Bonchev–Trinajstić information content (AvgIpc) is 3.07. The number of carbonyl (C=O) groups is 1. The number of halogens is 1. The smallest absolute Gasteiger partial charge is 0.323 e. The van der Waals surface area contributed by atoms with Crippen molar-refractivity contribution in [2.24, 2.45) is 0 Å². The van der Waals surface area contributed by atoms with Crippen LogP contribution in [0.1, 0.15) is 42.7 Å². The molecule has 1 aromatic heterocycles. The maximum Gasteiger partial charge on any atom is 0.323 e. The number of amides is 1. The molecule has 1 saturated heterocycles. The van der Waals surface area contributed by atoms with Crippen molar-refractivity contribution in [3.8, 4) is 0 Å². The van der Waals surface area contributed by atoms with Crippen LogP contribution < -0.4 is 5.69 Å². The van der Waals surface area contributed by atoms with Gasteiger partial charge in [-0.3, -0.25) is 4.79 Å². The number of hydrogen-bond acceptors (Lipinski definition) is 2. The first kappa shape index (κ1) is 18.8. The molecule has 0 radical (unpaired) electrons. The van der Waals surface area contributed by atoms with Crippen LogP contribution in [0.4, 0.5) is 0 Å². The first-order valence-electron chi connectivity index (χ1n) is 9.83. The Balaban J connectivity index is 1.66. The Kier molecular flexibility index (Phi) is 5.53. The molecule has 1 amide bonds. The SMILES string of the molecule is O=C(C[C@H](Cc1ccccc1)c1cc2[nH]c(=O)[nH]c2cc1Cl)N1CCCCC1. The summed E-state index contributed by atoms with van der Waals surface area (Å²) in [6.45, 7) is 1.68. The maximum atomic E-state index is 13.0. The predicted octanol–water partition coefficient (Wildman–Crippen LogP) is 4.24. The van der Waals surface area contributed by atoms with E-state index < -0.39 is 0 Å². The Morgan fingerprint density at radius 2 is 1.71 bits per heavy atom. The summed E-state index contributed by atoms with van der Waals surface area (Å²) in [5, 5.41) is 0.579. The first-order chi connectivity index (χ1) is 13.6. The minimum atomic E-state index is -0.257. The number of nitrogens with zero attached hydrogens (tertiary/aromatic N) is 1. The van der Waals surface area contributed by atoms with Crippen LogP contribution in [0.25, 0.3) is 11.0 Å². The van der Waals surface area contributed by atoms with Crippen molar-refractivity contribution in [2.45, 2.75) is 38.0 Å². The largest absolute Gasteiger partial charge is 0.343 e. The Labute approximate surface area is 168 Å². The lowest BCUT2D eigenvalue weighted by Crippen LogP contribution is -2.36. The van der Waals surface area contributed by atoms with Gasteiger partial charge in [-0.2, -0.15) is 0 Å². The van der Waals surface area contributed by atoms with Gasteiger partial charge in [-0.05, 0) is 54.9 Å². The summed E-state index contributed by atoms with van der Waals surface area (Å²) < 4.78 is 0. The number of hydrogen-bond donors (Lipinski definition) is 2. The number of aromatic nitrogens is 2. The Morgan fingerprint density at radius 1 is 1.04 bits per heavy atom. The van der Waals surface area contributed by atoms with Crippen molar-refractivity contribution in [3.05, 3.63) is 69.1 Å². The summed E-state index contributed by atoms with van der Waals surface area (Å²) in [5.41, 5.74) is 3.20. The Bertz CT molecular complexity index is 1020. The molecule has 1 atom stereocenters. The van der Waals surface area contributed by atoms with E-state index in [9.17, 15) is 9.59 Å². The number of carbonyl (C=O) groups excluding carboxylic acids is 1. The number of likely N-dealkylation sites (tertiary alicyclic amines) is 1. The van der Waals surface area contributed by atoms with Crippen LogP contribution in [0.3, 0.4) is 0 Å². The number of fused-ring (bicyclic) bond motifs is 1. The van der Waals surface area contributed by atoms with Crippen molar-refractivity contribution in [3.63, 3.8) is 0 Å². The van der Waals surface area contributed by atoms with E-state index in [-0.39, 0.29) is 17.5 Å². The molecule has 0 bridgehead atoms. The molecule has 4 rings (SSSR count). The van der Waals surface area contributed by atoms with Gasteiger partial charge in [0.15, 0.2) is 0 Å². The van der Waals surface area contributed by atoms with Gasteiger partial charge in [-0.1, -0.05) is 41.9 Å². The van der Waals surface area contributed by atoms with Gasteiger partial charge in [0.1, 0.15) is 0 Å². The van der Waals surface area contributed by atoms with Crippen molar-refractivity contribution in [2.75, 3.05) is 13.1 Å². The summed E-state index contributed by atoms with van der Waals surface area (Å²) in [4.78, 5) is 32.1. The van der Waals surface area contributed by atoms with Crippen molar-refractivity contribution in [1.29, 1.82) is 0 Å². The van der Waals surface area contributed by atoms with Crippen molar-refractivity contribution < 1.29 is 4.79 Å². The fourth-order valence-corrected chi connectivity index (χ4v) is 4.38. The van der Waals surface area contributed by atoms with Crippen LogP contribution in [-0.2, 0) is 11.2 Å². The number of imidazole rings is 1. The third-order valence-corrected chi connectivity index (χ3v) is 5.86. The van der Waals surface area contributed by atoms with E-state index in [1.54, 1.807) is 6.07 Å². The van der Waals surface area contributed by atoms with Gasteiger partial charge in [0.05, 0.1) is 11.0 Å². The second kappa shape index (κ2) is 8.23. The van der Waals surface area contributed by atoms with E-state index in [2.05, 4.69) is 22.1 Å². The topological polar surface area (TPSA) is 69.0 Å². The number of piperidine rings is 1. The zero-order chi connectivity index (χ0) is 19.5. The molecular formula is C22H24ClN3O2. The lowest BCUT2D eigenvalue weighted by Gasteiger charge is -2.29. The minimum absolute atomic E-state index is 0.0490. The molecule has 2 N–H and O–H groups in total. The average molecular weight is 398 g/mol. The van der Waals surface area contributed by atoms with E-state index in [4.69, 9.17) is 11.6 Å². The summed E-state index contributed by atoms with van der Waals surface area (Å²) in [6, 6.07) is 13.8. The van der Waals surface area contributed by atoms with Crippen LogP contribution in [0.15, 0.2) is 47.3 Å². The highest BCUT2D eigenvalue weighted by atomic mass is 35.5. The summed E-state index contributed by atoms with van der Waals surface area (Å²) in [5.74, 6) is 0.131. The van der Waals surface area contributed by atoms with Crippen LogP contribution >= 0.6 is 11.6 Å². The van der Waals surface area contributed by atoms with Crippen LogP contribution in [-0.4, -0.2) is 33.9 Å². The third-order valence-electron chi connectivity index (χ3n) is 5.53. The lowest BCUT2D eigenvalue weighted by molar-refractivity contribution is -0.132. The summed E-state index contributed by atoms with van der Waals surface area (Å²) in [6.07, 6.45) is 4.48. The number of H-pyrrole nitrogens is 2. The van der Waals surface area contributed by atoms with Gasteiger partial charge in [0, 0.05) is 24.5 Å². The Hall–Kier alpha value is -2.53. The second-order valence-corrected chi connectivity index (χ2v) is 7.94. The quantitative estimate of drug-likeness (QED) is 0.676. The summed E-state index contributed by atoms with van der Waals surface area (Å²) >= 11 is 6.58. The molecule has 1 aliphatic rings. The van der Waals surface area contributed by atoms with Gasteiger partial charge in [-0.25, -0.2) is 4.79 Å². The van der Waals surface area contributed by atoms with Gasteiger partial charge in [0.25, 0.3) is 0 Å². The normalized spacial score (nSPS) is 15.7. The fraction of sp³-hybridized carbons (Fsp3) is 0.364. The third kappa shape index (κ3) is 4.14. The number of nitrogens with one attached hydrogen (secondary N) is 2.